The van der Waals surface area contributed by atoms with Crippen LogP contribution in [-0.2, 0) is 14.2 Å². The highest BCUT2D eigenvalue weighted by atomic mass is 16.8. The lowest BCUT2D eigenvalue weighted by atomic mass is 9.96. The van der Waals surface area contributed by atoms with E-state index in [0.717, 1.165) is 5.69 Å². The van der Waals surface area contributed by atoms with Crippen LogP contribution in [-0.4, -0.2) is 49.2 Å². The van der Waals surface area contributed by atoms with E-state index in [1.54, 1.807) is 12.1 Å². The van der Waals surface area contributed by atoms with Gasteiger partial charge in [-0.3, -0.25) is 4.79 Å². The predicted octanol–water partition coefficient (Wildman–Crippen LogP) is 2.88. The molecule has 0 saturated carbocycles. The number of nitrogens with one attached hydrogen (secondary N) is 3. The Morgan fingerprint density at radius 2 is 1.74 bits per heavy atom. The van der Waals surface area contributed by atoms with Crippen LogP contribution in [0.3, 0.4) is 0 Å². The number of rotatable bonds is 8. The molecule has 0 aromatic heterocycles. The van der Waals surface area contributed by atoms with Gasteiger partial charge in [0.1, 0.15) is 17.8 Å². The second-order valence-electron chi connectivity index (χ2n) is 8.35. The molecule has 3 atom stereocenters. The van der Waals surface area contributed by atoms with Crippen molar-refractivity contribution in [2.75, 3.05) is 25.0 Å². The van der Waals surface area contributed by atoms with Crippen molar-refractivity contribution in [2.24, 2.45) is 0 Å². The Balaban J connectivity index is 1.37. The fraction of sp³-hybridized carbons (Fsp3) is 0.375. The molecule has 7 nitrogen and oxygen atoms in total. The second kappa shape index (κ2) is 8.70. The molecule has 164 valence electrons. The minimum atomic E-state index is -0.760. The molecule has 2 aliphatic heterocycles. The van der Waals surface area contributed by atoms with Gasteiger partial charge in [0.15, 0.2) is 5.79 Å². The zero-order valence-electron chi connectivity index (χ0n) is 17.9. The van der Waals surface area contributed by atoms with Crippen molar-refractivity contribution in [3.8, 4) is 0 Å². The maximum Gasteiger partial charge on any atom is 0.251 e. The number of benzene rings is 2. The van der Waals surface area contributed by atoms with E-state index in [2.05, 4.69) is 22.5 Å². The summed E-state index contributed by atoms with van der Waals surface area (Å²) in [6.07, 6.45) is -0.569. The number of fused-ring (bicyclic) bond motifs is 1. The Hall–Kier alpha value is -2.87. The van der Waals surface area contributed by atoms with Crippen molar-refractivity contribution in [1.29, 1.82) is 0 Å². The smallest absolute Gasteiger partial charge is 0.251 e. The van der Waals surface area contributed by atoms with Gasteiger partial charge < -0.3 is 30.2 Å². The Morgan fingerprint density at radius 1 is 1.06 bits per heavy atom. The molecule has 2 aromatic carbocycles. The Kier molecular flexibility index (Phi) is 6.00. The molecule has 3 N–H and O–H groups in total. The molecule has 0 unspecified atom stereocenters. The molecule has 0 bridgehead atoms. The minimum absolute atomic E-state index is 0.149. The summed E-state index contributed by atoms with van der Waals surface area (Å²) < 4.78 is 18.5. The summed E-state index contributed by atoms with van der Waals surface area (Å²) in [5.41, 5.74) is 0.815. The average Bonchev–Trinajstić information content (AvgIpc) is 3.22. The molecule has 31 heavy (non-hydrogen) atoms. The van der Waals surface area contributed by atoms with Crippen LogP contribution in [0.25, 0.3) is 0 Å². The van der Waals surface area contributed by atoms with Crippen molar-refractivity contribution in [3.63, 3.8) is 0 Å². The van der Waals surface area contributed by atoms with Crippen LogP contribution in [0.5, 0.6) is 0 Å². The lowest BCUT2D eigenvalue weighted by molar-refractivity contribution is -0.188. The standard InChI is InChI=1S/C24H29N3O4/c1-17(27-19-12-8-5-9-13-19)25-14-20-21-24(16-29-20,31-23(2,3)30-21)15-26-22(28)18-10-6-4-7-11-18/h4-13,20-21,25,27H,1,14-16H2,2-3H3,(H,26,28)/t20-,21-,24+/m1/s1. The second-order valence-corrected chi connectivity index (χ2v) is 8.35. The summed E-state index contributed by atoms with van der Waals surface area (Å²) in [5, 5.41) is 9.47. The van der Waals surface area contributed by atoms with E-state index in [-0.39, 0.29) is 18.1 Å². The fourth-order valence-corrected chi connectivity index (χ4v) is 4.09. The third-order valence-corrected chi connectivity index (χ3v) is 5.43. The predicted molar refractivity (Wildman–Crippen MR) is 118 cm³/mol. The average molecular weight is 424 g/mol. The van der Waals surface area contributed by atoms with E-state index in [1.807, 2.05) is 62.4 Å². The van der Waals surface area contributed by atoms with E-state index >= 15 is 0 Å². The third-order valence-electron chi connectivity index (χ3n) is 5.43. The highest BCUT2D eigenvalue weighted by Gasteiger charge is 2.60. The van der Waals surface area contributed by atoms with E-state index in [4.69, 9.17) is 14.2 Å². The van der Waals surface area contributed by atoms with Crippen LogP contribution in [0.1, 0.15) is 24.2 Å². The molecule has 0 aliphatic carbocycles. The van der Waals surface area contributed by atoms with Crippen LogP contribution >= 0.6 is 0 Å². The molecule has 1 amide bonds. The van der Waals surface area contributed by atoms with Gasteiger partial charge in [0, 0.05) is 17.8 Å². The van der Waals surface area contributed by atoms with Gasteiger partial charge in [-0.25, -0.2) is 0 Å². The summed E-state index contributed by atoms with van der Waals surface area (Å²) in [6.45, 7) is 8.92. The largest absolute Gasteiger partial charge is 0.370 e. The molecule has 2 fully saturated rings. The fourth-order valence-electron chi connectivity index (χ4n) is 4.09. The van der Waals surface area contributed by atoms with Gasteiger partial charge in [-0.1, -0.05) is 43.0 Å². The number of carbonyl (C=O) groups excluding carboxylic acids is 1. The summed E-state index contributed by atoms with van der Waals surface area (Å²) in [7, 11) is 0. The molecule has 2 saturated heterocycles. The topological polar surface area (TPSA) is 80.9 Å². The molecular weight excluding hydrogens is 394 g/mol. The van der Waals surface area contributed by atoms with Gasteiger partial charge >= 0.3 is 0 Å². The van der Waals surface area contributed by atoms with E-state index in [1.165, 1.54) is 0 Å². The van der Waals surface area contributed by atoms with Crippen molar-refractivity contribution >= 4 is 11.6 Å². The molecule has 2 aromatic rings. The summed E-state index contributed by atoms with van der Waals surface area (Å²) >= 11 is 0. The lowest BCUT2D eigenvalue weighted by Crippen LogP contribution is -2.52. The van der Waals surface area contributed by atoms with E-state index in [9.17, 15) is 4.79 Å². The quantitative estimate of drug-likeness (QED) is 0.606. The van der Waals surface area contributed by atoms with Gasteiger partial charge in [0.05, 0.1) is 19.0 Å². The number of ether oxygens (including phenoxy) is 3. The lowest BCUT2D eigenvalue weighted by Gasteiger charge is -2.27. The number of anilines is 1. The van der Waals surface area contributed by atoms with Crippen LogP contribution in [0.4, 0.5) is 5.69 Å². The zero-order chi connectivity index (χ0) is 21.9. The van der Waals surface area contributed by atoms with E-state index in [0.29, 0.717) is 31.1 Å². The monoisotopic (exact) mass is 423 g/mol. The molecule has 2 heterocycles. The Bertz CT molecular complexity index is 919. The van der Waals surface area contributed by atoms with E-state index < -0.39 is 11.4 Å². The van der Waals surface area contributed by atoms with Crippen LogP contribution in [0.2, 0.25) is 0 Å². The first kappa shape index (κ1) is 21.4. The van der Waals surface area contributed by atoms with Crippen LogP contribution < -0.4 is 16.0 Å². The van der Waals surface area contributed by atoms with Gasteiger partial charge in [0.25, 0.3) is 5.91 Å². The summed E-state index contributed by atoms with van der Waals surface area (Å²) in [4.78, 5) is 12.5. The van der Waals surface area contributed by atoms with Gasteiger partial charge in [-0.2, -0.15) is 0 Å². The first-order valence-electron chi connectivity index (χ1n) is 10.4. The molecule has 7 heteroatoms. The number of hydrogen-bond acceptors (Lipinski definition) is 6. The highest BCUT2D eigenvalue weighted by Crippen LogP contribution is 2.43. The van der Waals surface area contributed by atoms with Crippen LogP contribution in [0, 0.1) is 0 Å². The van der Waals surface area contributed by atoms with Gasteiger partial charge in [-0.15, -0.1) is 0 Å². The Morgan fingerprint density at radius 3 is 2.45 bits per heavy atom. The maximum absolute atomic E-state index is 12.5. The number of para-hydroxylation sites is 1. The number of amides is 1. The van der Waals surface area contributed by atoms with Crippen molar-refractivity contribution in [2.45, 2.75) is 37.4 Å². The molecular formula is C24H29N3O4. The first-order chi connectivity index (χ1) is 14.9. The summed E-state index contributed by atoms with van der Waals surface area (Å²) in [6, 6.07) is 18.9. The maximum atomic E-state index is 12.5. The minimum Gasteiger partial charge on any atom is -0.370 e. The third kappa shape index (κ3) is 4.90. The first-order valence-corrected chi connectivity index (χ1v) is 10.4. The zero-order valence-corrected chi connectivity index (χ0v) is 17.9. The summed E-state index contributed by atoms with van der Waals surface area (Å²) in [5.74, 6) is -0.240. The SMILES string of the molecule is C=C(NC[C@H]1OC[C@]2(CNC(=O)c3ccccc3)OC(C)(C)O[C@H]12)Nc1ccccc1. The van der Waals surface area contributed by atoms with Crippen molar-refractivity contribution < 1.29 is 19.0 Å². The molecule has 2 aliphatic rings. The number of hydrogen-bond donors (Lipinski definition) is 3. The molecule has 4 rings (SSSR count). The molecule has 0 spiro atoms. The van der Waals surface area contributed by atoms with Crippen molar-refractivity contribution in [1.82, 2.24) is 10.6 Å². The molecule has 0 radical (unpaired) electrons. The number of carbonyl (C=O) groups is 1. The van der Waals surface area contributed by atoms with Gasteiger partial charge in [0.2, 0.25) is 0 Å². The highest BCUT2D eigenvalue weighted by molar-refractivity contribution is 5.94. The van der Waals surface area contributed by atoms with Crippen LogP contribution in [0.15, 0.2) is 73.1 Å². The normalized spacial score (nSPS) is 26.1. The Labute approximate surface area is 182 Å². The van der Waals surface area contributed by atoms with Gasteiger partial charge in [-0.05, 0) is 38.1 Å². The van der Waals surface area contributed by atoms with Crippen molar-refractivity contribution in [3.05, 3.63) is 78.6 Å².